The van der Waals surface area contributed by atoms with Gasteiger partial charge in [0.1, 0.15) is 18.5 Å². The molecule has 168 valence electrons. The van der Waals surface area contributed by atoms with Crippen molar-refractivity contribution < 1.29 is 14.6 Å². The second kappa shape index (κ2) is 10.9. The molecule has 0 bridgehead atoms. The number of aliphatic hydroxyl groups is 1. The van der Waals surface area contributed by atoms with Crippen molar-refractivity contribution in [1.82, 2.24) is 4.90 Å². The van der Waals surface area contributed by atoms with Gasteiger partial charge in [-0.3, -0.25) is 9.69 Å². The van der Waals surface area contributed by atoms with E-state index < -0.39 is 6.10 Å². The van der Waals surface area contributed by atoms with Gasteiger partial charge in [-0.1, -0.05) is 60.2 Å². The molecule has 0 saturated heterocycles. The minimum Gasteiger partial charge on any atom is -0.491 e. The lowest BCUT2D eigenvalue weighted by molar-refractivity contribution is -0.117. The first-order valence-electron chi connectivity index (χ1n) is 10.8. The Balaban J connectivity index is 1.44. The molecule has 2 N–H and O–H groups in total. The molecule has 0 saturated carbocycles. The monoisotopic (exact) mass is 432 g/mol. The number of carbonyl (C=O) groups is 1. The molecule has 0 radical (unpaired) electrons. The van der Waals surface area contributed by atoms with E-state index in [1.807, 2.05) is 70.3 Å². The zero-order valence-corrected chi connectivity index (χ0v) is 19.3. The fourth-order valence-corrected chi connectivity index (χ4v) is 3.84. The van der Waals surface area contributed by atoms with E-state index in [-0.39, 0.29) is 19.1 Å². The third kappa shape index (κ3) is 6.67. The predicted octanol–water partition coefficient (Wildman–Crippen LogP) is 4.59. The molecule has 0 aromatic heterocycles. The number of amides is 1. The molecule has 0 heterocycles. The summed E-state index contributed by atoms with van der Waals surface area (Å²) >= 11 is 0. The number of carbonyl (C=O) groups excluding carboxylic acids is 1. The number of aliphatic hydroxyl groups excluding tert-OH is 1. The molecule has 1 unspecified atom stereocenters. The highest BCUT2D eigenvalue weighted by molar-refractivity contribution is 5.93. The molecule has 3 rings (SSSR count). The molecule has 0 aliphatic rings. The average molecular weight is 433 g/mol. The average Bonchev–Trinajstić information content (AvgIpc) is 2.75. The zero-order valence-electron chi connectivity index (χ0n) is 19.3. The van der Waals surface area contributed by atoms with Gasteiger partial charge in [-0.05, 0) is 62.2 Å². The van der Waals surface area contributed by atoms with Crippen LogP contribution in [0.1, 0.15) is 16.7 Å². The number of nitrogens with zero attached hydrogens (tertiary/aromatic N) is 1. The minimum atomic E-state index is -0.704. The van der Waals surface area contributed by atoms with Crippen molar-refractivity contribution in [3.05, 3.63) is 83.4 Å². The van der Waals surface area contributed by atoms with Gasteiger partial charge in [-0.25, -0.2) is 0 Å². The van der Waals surface area contributed by atoms with E-state index >= 15 is 0 Å². The summed E-state index contributed by atoms with van der Waals surface area (Å²) in [5.41, 5.74) is 6.39. The standard InChI is InChI=1S/C27H32N2O3/c1-19-14-20(2)27(21(3)15-19)28-26(31)17-29(4)16-24(30)18-32-25-12-10-23(11-13-25)22-8-6-5-7-9-22/h5-15,24,30H,16-18H2,1-4H3,(H,28,31). The summed E-state index contributed by atoms with van der Waals surface area (Å²) in [6, 6.07) is 22.1. The summed E-state index contributed by atoms with van der Waals surface area (Å²) in [5.74, 6) is 0.599. The third-order valence-electron chi connectivity index (χ3n) is 5.28. The molecule has 0 spiro atoms. The maximum Gasteiger partial charge on any atom is 0.238 e. The van der Waals surface area contributed by atoms with Gasteiger partial charge in [0.05, 0.1) is 6.54 Å². The van der Waals surface area contributed by atoms with Gasteiger partial charge in [0.25, 0.3) is 0 Å². The van der Waals surface area contributed by atoms with E-state index in [9.17, 15) is 9.90 Å². The number of likely N-dealkylation sites (N-methyl/N-ethyl adjacent to an activating group) is 1. The predicted molar refractivity (Wildman–Crippen MR) is 130 cm³/mol. The van der Waals surface area contributed by atoms with Crippen LogP contribution in [0.25, 0.3) is 11.1 Å². The lowest BCUT2D eigenvalue weighted by Crippen LogP contribution is -2.38. The molecule has 5 nitrogen and oxygen atoms in total. The Morgan fingerprint density at radius 2 is 1.56 bits per heavy atom. The Labute approximate surface area is 190 Å². The number of rotatable bonds is 9. The second-order valence-electron chi connectivity index (χ2n) is 8.37. The third-order valence-corrected chi connectivity index (χ3v) is 5.28. The molecule has 0 aliphatic heterocycles. The number of hydrogen-bond donors (Lipinski definition) is 2. The minimum absolute atomic E-state index is 0.104. The van der Waals surface area contributed by atoms with E-state index in [1.165, 1.54) is 5.56 Å². The van der Waals surface area contributed by atoms with Crippen LogP contribution >= 0.6 is 0 Å². The first kappa shape index (κ1) is 23.5. The molecule has 3 aromatic rings. The van der Waals surface area contributed by atoms with Crippen molar-refractivity contribution >= 4 is 11.6 Å². The Morgan fingerprint density at radius 1 is 0.969 bits per heavy atom. The summed E-state index contributed by atoms with van der Waals surface area (Å²) in [5, 5.41) is 13.3. The van der Waals surface area contributed by atoms with Crippen LogP contribution in [0.4, 0.5) is 5.69 Å². The highest BCUT2D eigenvalue weighted by Crippen LogP contribution is 2.23. The van der Waals surface area contributed by atoms with Crippen molar-refractivity contribution in [3.8, 4) is 16.9 Å². The van der Waals surface area contributed by atoms with Crippen molar-refractivity contribution in [2.24, 2.45) is 0 Å². The van der Waals surface area contributed by atoms with E-state index in [4.69, 9.17) is 4.74 Å². The van der Waals surface area contributed by atoms with Gasteiger partial charge in [0, 0.05) is 12.2 Å². The summed E-state index contributed by atoms with van der Waals surface area (Å²) in [6.45, 7) is 6.71. The molecule has 3 aromatic carbocycles. The summed E-state index contributed by atoms with van der Waals surface area (Å²) in [7, 11) is 1.81. The van der Waals surface area contributed by atoms with Crippen molar-refractivity contribution in [1.29, 1.82) is 0 Å². The normalized spacial score (nSPS) is 11.9. The van der Waals surface area contributed by atoms with Gasteiger partial charge in [-0.15, -0.1) is 0 Å². The Morgan fingerprint density at radius 3 is 2.19 bits per heavy atom. The number of anilines is 1. The largest absolute Gasteiger partial charge is 0.491 e. The van der Waals surface area contributed by atoms with Crippen LogP contribution in [-0.4, -0.2) is 48.8 Å². The quantitative estimate of drug-likeness (QED) is 0.519. The molecule has 1 amide bonds. The fraction of sp³-hybridized carbons (Fsp3) is 0.296. The van der Waals surface area contributed by atoms with Crippen LogP contribution in [0.2, 0.25) is 0 Å². The molecule has 0 aliphatic carbocycles. The number of ether oxygens (including phenoxy) is 1. The van der Waals surface area contributed by atoms with Crippen LogP contribution in [-0.2, 0) is 4.79 Å². The lowest BCUT2D eigenvalue weighted by Gasteiger charge is -2.21. The Hall–Kier alpha value is -3.15. The highest BCUT2D eigenvalue weighted by Gasteiger charge is 2.14. The Kier molecular flexibility index (Phi) is 8.03. The number of nitrogens with one attached hydrogen (secondary N) is 1. The van der Waals surface area contributed by atoms with Gasteiger partial charge >= 0.3 is 0 Å². The second-order valence-corrected chi connectivity index (χ2v) is 8.37. The summed E-state index contributed by atoms with van der Waals surface area (Å²) in [4.78, 5) is 14.2. The molecular weight excluding hydrogens is 400 g/mol. The van der Waals surface area contributed by atoms with Crippen molar-refractivity contribution in [2.75, 3.05) is 32.1 Å². The van der Waals surface area contributed by atoms with Crippen LogP contribution in [0.5, 0.6) is 5.75 Å². The molecule has 1 atom stereocenters. The van der Waals surface area contributed by atoms with Crippen LogP contribution < -0.4 is 10.1 Å². The van der Waals surface area contributed by atoms with Gasteiger partial charge in [-0.2, -0.15) is 0 Å². The molecule has 0 fully saturated rings. The van der Waals surface area contributed by atoms with Crippen molar-refractivity contribution in [2.45, 2.75) is 26.9 Å². The van der Waals surface area contributed by atoms with Gasteiger partial charge in [0.2, 0.25) is 5.91 Å². The Bertz CT molecular complexity index is 1010. The number of benzene rings is 3. The van der Waals surface area contributed by atoms with Crippen LogP contribution in [0.3, 0.4) is 0 Å². The van der Waals surface area contributed by atoms with Gasteiger partial charge in [0.15, 0.2) is 0 Å². The molecule has 5 heteroatoms. The topological polar surface area (TPSA) is 61.8 Å². The van der Waals surface area contributed by atoms with Crippen LogP contribution in [0, 0.1) is 20.8 Å². The molecular formula is C27H32N2O3. The zero-order chi connectivity index (χ0) is 23.1. The summed E-state index contributed by atoms with van der Waals surface area (Å²) in [6.07, 6.45) is -0.704. The number of hydrogen-bond acceptors (Lipinski definition) is 4. The maximum absolute atomic E-state index is 12.5. The van der Waals surface area contributed by atoms with E-state index in [1.54, 1.807) is 4.90 Å². The van der Waals surface area contributed by atoms with Gasteiger partial charge < -0.3 is 15.2 Å². The lowest BCUT2D eigenvalue weighted by atomic mass is 10.1. The fourth-order valence-electron chi connectivity index (χ4n) is 3.84. The van der Waals surface area contributed by atoms with E-state index in [2.05, 4.69) is 29.6 Å². The maximum atomic E-state index is 12.5. The smallest absolute Gasteiger partial charge is 0.238 e. The first-order chi connectivity index (χ1) is 15.3. The number of aryl methyl sites for hydroxylation is 3. The summed E-state index contributed by atoms with van der Waals surface area (Å²) < 4.78 is 5.73. The first-order valence-corrected chi connectivity index (χ1v) is 10.8. The molecule has 32 heavy (non-hydrogen) atoms. The van der Waals surface area contributed by atoms with Crippen molar-refractivity contribution in [3.63, 3.8) is 0 Å². The van der Waals surface area contributed by atoms with E-state index in [0.29, 0.717) is 12.3 Å². The SMILES string of the molecule is Cc1cc(C)c(NC(=O)CN(C)CC(O)COc2ccc(-c3ccccc3)cc2)c(C)c1. The van der Waals surface area contributed by atoms with E-state index in [0.717, 1.165) is 27.9 Å². The highest BCUT2D eigenvalue weighted by atomic mass is 16.5. The van der Waals surface area contributed by atoms with Crippen LogP contribution in [0.15, 0.2) is 66.7 Å².